The highest BCUT2D eigenvalue weighted by Crippen LogP contribution is 2.38. The molecular formula is C11H19NO2. The Balaban J connectivity index is 1.86. The number of carbonyl (C=O) groups is 1. The fraction of sp³-hybridized carbons (Fsp3) is 0.909. The zero-order chi connectivity index (χ0) is 9.97. The highest BCUT2D eigenvalue weighted by atomic mass is 16.5. The summed E-state index contributed by atoms with van der Waals surface area (Å²) in [6, 6.07) is 0.569. The first-order valence-electron chi connectivity index (χ1n) is 5.61. The third kappa shape index (κ3) is 1.78. The molecule has 3 nitrogen and oxygen atoms in total. The minimum absolute atomic E-state index is 0.371. The van der Waals surface area contributed by atoms with E-state index in [0.29, 0.717) is 17.9 Å². The summed E-state index contributed by atoms with van der Waals surface area (Å²) < 4.78 is 5.01. The maximum atomic E-state index is 11.7. The van der Waals surface area contributed by atoms with Crippen molar-refractivity contribution in [1.82, 2.24) is 4.90 Å². The molecule has 0 spiro atoms. The molecule has 0 radical (unpaired) electrons. The van der Waals surface area contributed by atoms with Crippen molar-refractivity contribution < 1.29 is 9.53 Å². The van der Waals surface area contributed by atoms with Crippen LogP contribution in [0.1, 0.15) is 32.1 Å². The molecule has 1 saturated heterocycles. The van der Waals surface area contributed by atoms with Crippen molar-refractivity contribution in [3.05, 3.63) is 0 Å². The summed E-state index contributed by atoms with van der Waals surface area (Å²) >= 11 is 0. The van der Waals surface area contributed by atoms with Crippen LogP contribution in [0.5, 0.6) is 0 Å². The lowest BCUT2D eigenvalue weighted by molar-refractivity contribution is -0.129. The Bertz CT molecular complexity index is 217. The van der Waals surface area contributed by atoms with Gasteiger partial charge in [0.1, 0.15) is 0 Å². The Morgan fingerprint density at radius 3 is 3.14 bits per heavy atom. The van der Waals surface area contributed by atoms with Gasteiger partial charge < -0.3 is 9.64 Å². The van der Waals surface area contributed by atoms with Crippen molar-refractivity contribution >= 4 is 5.91 Å². The second-order valence-corrected chi connectivity index (χ2v) is 4.40. The summed E-state index contributed by atoms with van der Waals surface area (Å²) in [5, 5.41) is 0. The monoisotopic (exact) mass is 197 g/mol. The van der Waals surface area contributed by atoms with Crippen LogP contribution < -0.4 is 0 Å². The van der Waals surface area contributed by atoms with Crippen LogP contribution in [0.3, 0.4) is 0 Å². The third-order valence-electron chi connectivity index (χ3n) is 3.52. The van der Waals surface area contributed by atoms with Crippen LogP contribution in [0.4, 0.5) is 0 Å². The normalized spacial score (nSPS) is 31.2. The van der Waals surface area contributed by atoms with Gasteiger partial charge in [-0.05, 0) is 25.2 Å². The molecule has 2 unspecified atom stereocenters. The molecule has 1 heterocycles. The summed E-state index contributed by atoms with van der Waals surface area (Å²) in [7, 11) is 1.71. The van der Waals surface area contributed by atoms with Gasteiger partial charge in [0, 0.05) is 32.7 Å². The second-order valence-electron chi connectivity index (χ2n) is 4.40. The summed E-state index contributed by atoms with van der Waals surface area (Å²) in [4.78, 5) is 13.8. The van der Waals surface area contributed by atoms with Gasteiger partial charge in [-0.3, -0.25) is 4.79 Å². The molecular weight excluding hydrogens is 178 g/mol. The first-order chi connectivity index (χ1) is 6.83. The maximum Gasteiger partial charge on any atom is 0.223 e. The standard InChI is InChI=1S/C11H19NO2/c1-14-7-3-6-12-10-5-2-4-9(10)8-11(12)13/h9-10H,2-8H2,1H3. The topological polar surface area (TPSA) is 29.5 Å². The molecule has 1 saturated carbocycles. The highest BCUT2D eigenvalue weighted by molar-refractivity contribution is 5.79. The average Bonchev–Trinajstić information content (AvgIpc) is 2.69. The lowest BCUT2D eigenvalue weighted by Gasteiger charge is -2.23. The van der Waals surface area contributed by atoms with Crippen LogP contribution in [0, 0.1) is 5.92 Å². The SMILES string of the molecule is COCCCN1C(=O)CC2CCCC21. The van der Waals surface area contributed by atoms with Crippen molar-refractivity contribution in [3.63, 3.8) is 0 Å². The predicted molar refractivity (Wildman–Crippen MR) is 54.0 cm³/mol. The summed E-state index contributed by atoms with van der Waals surface area (Å²) in [5.74, 6) is 1.04. The summed E-state index contributed by atoms with van der Waals surface area (Å²) in [6.07, 6.45) is 5.58. The fourth-order valence-corrected chi connectivity index (χ4v) is 2.86. The Morgan fingerprint density at radius 2 is 2.36 bits per heavy atom. The predicted octanol–water partition coefficient (Wildman–Crippen LogP) is 1.42. The van der Waals surface area contributed by atoms with Crippen molar-refractivity contribution in [2.75, 3.05) is 20.3 Å². The van der Waals surface area contributed by atoms with E-state index in [4.69, 9.17) is 4.74 Å². The number of likely N-dealkylation sites (tertiary alicyclic amines) is 1. The van der Waals surface area contributed by atoms with E-state index in [-0.39, 0.29) is 0 Å². The van der Waals surface area contributed by atoms with Crippen LogP contribution in [0.2, 0.25) is 0 Å². The highest BCUT2D eigenvalue weighted by Gasteiger charge is 2.41. The molecule has 2 aliphatic rings. The minimum Gasteiger partial charge on any atom is -0.385 e. The number of hydrogen-bond donors (Lipinski definition) is 0. The number of hydrogen-bond acceptors (Lipinski definition) is 2. The molecule has 2 atom stereocenters. The van der Waals surface area contributed by atoms with E-state index in [0.717, 1.165) is 26.0 Å². The molecule has 80 valence electrons. The zero-order valence-electron chi connectivity index (χ0n) is 8.87. The van der Waals surface area contributed by atoms with Gasteiger partial charge in [0.05, 0.1) is 0 Å². The average molecular weight is 197 g/mol. The number of amides is 1. The molecule has 0 aromatic heterocycles. The lowest BCUT2D eigenvalue weighted by Crippen LogP contribution is -2.34. The van der Waals surface area contributed by atoms with E-state index in [1.165, 1.54) is 19.3 Å². The van der Waals surface area contributed by atoms with Gasteiger partial charge in [0.2, 0.25) is 5.91 Å². The summed E-state index contributed by atoms with van der Waals surface area (Å²) in [6.45, 7) is 1.66. The van der Waals surface area contributed by atoms with E-state index >= 15 is 0 Å². The zero-order valence-corrected chi connectivity index (χ0v) is 8.87. The van der Waals surface area contributed by atoms with Crippen molar-refractivity contribution in [1.29, 1.82) is 0 Å². The van der Waals surface area contributed by atoms with E-state index in [1.54, 1.807) is 7.11 Å². The smallest absolute Gasteiger partial charge is 0.223 e. The molecule has 2 rings (SSSR count). The maximum absolute atomic E-state index is 11.7. The molecule has 3 heteroatoms. The van der Waals surface area contributed by atoms with Crippen molar-refractivity contribution in [3.8, 4) is 0 Å². The molecule has 2 fully saturated rings. The second kappa shape index (κ2) is 4.30. The van der Waals surface area contributed by atoms with Crippen LogP contribution in [-0.2, 0) is 9.53 Å². The Labute approximate surface area is 85.4 Å². The van der Waals surface area contributed by atoms with E-state index in [2.05, 4.69) is 4.90 Å². The van der Waals surface area contributed by atoms with Crippen LogP contribution >= 0.6 is 0 Å². The number of nitrogens with zero attached hydrogens (tertiary/aromatic N) is 1. The molecule has 1 amide bonds. The molecule has 0 aromatic rings. The van der Waals surface area contributed by atoms with E-state index in [9.17, 15) is 4.79 Å². The number of carbonyl (C=O) groups excluding carboxylic acids is 1. The molecule has 0 bridgehead atoms. The number of methoxy groups -OCH3 is 1. The van der Waals surface area contributed by atoms with E-state index < -0.39 is 0 Å². The molecule has 1 aliphatic heterocycles. The van der Waals surface area contributed by atoms with Gasteiger partial charge in [-0.15, -0.1) is 0 Å². The van der Waals surface area contributed by atoms with Crippen LogP contribution in [0.15, 0.2) is 0 Å². The quantitative estimate of drug-likeness (QED) is 0.638. The van der Waals surface area contributed by atoms with Gasteiger partial charge in [-0.2, -0.15) is 0 Å². The Morgan fingerprint density at radius 1 is 1.50 bits per heavy atom. The minimum atomic E-state index is 0.371. The molecule has 0 N–H and O–H groups in total. The Kier molecular flexibility index (Phi) is 3.06. The third-order valence-corrected chi connectivity index (χ3v) is 3.52. The van der Waals surface area contributed by atoms with E-state index in [1.807, 2.05) is 0 Å². The van der Waals surface area contributed by atoms with Crippen molar-refractivity contribution in [2.45, 2.75) is 38.1 Å². The Hall–Kier alpha value is -0.570. The largest absolute Gasteiger partial charge is 0.385 e. The molecule has 0 aromatic carbocycles. The fourth-order valence-electron chi connectivity index (χ4n) is 2.86. The van der Waals surface area contributed by atoms with Crippen LogP contribution in [-0.4, -0.2) is 37.1 Å². The first kappa shape index (κ1) is 9.97. The van der Waals surface area contributed by atoms with Crippen molar-refractivity contribution in [2.24, 2.45) is 5.92 Å². The van der Waals surface area contributed by atoms with Gasteiger partial charge in [0.25, 0.3) is 0 Å². The van der Waals surface area contributed by atoms with Gasteiger partial charge in [0.15, 0.2) is 0 Å². The van der Waals surface area contributed by atoms with Gasteiger partial charge in [-0.1, -0.05) is 6.42 Å². The van der Waals surface area contributed by atoms with Crippen LogP contribution in [0.25, 0.3) is 0 Å². The number of fused-ring (bicyclic) bond motifs is 1. The number of rotatable bonds is 4. The lowest BCUT2D eigenvalue weighted by atomic mass is 10.0. The number of ether oxygens (including phenoxy) is 1. The first-order valence-corrected chi connectivity index (χ1v) is 5.61. The molecule has 1 aliphatic carbocycles. The van der Waals surface area contributed by atoms with Gasteiger partial charge in [-0.25, -0.2) is 0 Å². The summed E-state index contributed by atoms with van der Waals surface area (Å²) in [5.41, 5.74) is 0. The van der Waals surface area contributed by atoms with Gasteiger partial charge >= 0.3 is 0 Å². The molecule has 14 heavy (non-hydrogen) atoms.